The van der Waals surface area contributed by atoms with Gasteiger partial charge in [0.15, 0.2) is 5.13 Å². The summed E-state index contributed by atoms with van der Waals surface area (Å²) < 4.78 is 1.35. The van der Waals surface area contributed by atoms with Gasteiger partial charge in [0, 0.05) is 22.5 Å². The number of anilines is 1. The quantitative estimate of drug-likeness (QED) is 0.799. The van der Waals surface area contributed by atoms with Crippen LogP contribution >= 0.6 is 22.7 Å². The van der Waals surface area contributed by atoms with E-state index in [-0.39, 0.29) is 18.0 Å². The van der Waals surface area contributed by atoms with Gasteiger partial charge in [-0.25, -0.2) is 4.98 Å². The van der Waals surface area contributed by atoms with E-state index in [0.29, 0.717) is 5.13 Å². The van der Waals surface area contributed by atoms with Gasteiger partial charge in [-0.1, -0.05) is 6.07 Å². The predicted octanol–water partition coefficient (Wildman–Crippen LogP) is 2.98. The fourth-order valence-electron chi connectivity index (χ4n) is 1.92. The third-order valence-corrected chi connectivity index (χ3v) is 4.74. The zero-order valence-electron chi connectivity index (χ0n) is 11.8. The van der Waals surface area contributed by atoms with Crippen molar-refractivity contribution in [3.8, 4) is 10.6 Å². The molecule has 1 amide bonds. The number of rotatable bonds is 4. The SMILES string of the molecule is Cc1ccc(-c2csc(NC(=O)Cn3ccccc3=O)n2)s1. The summed E-state index contributed by atoms with van der Waals surface area (Å²) in [6, 6.07) is 8.85. The zero-order valence-corrected chi connectivity index (χ0v) is 13.4. The first-order valence-electron chi connectivity index (χ1n) is 6.59. The molecule has 3 rings (SSSR count). The lowest BCUT2D eigenvalue weighted by atomic mass is 10.4. The van der Waals surface area contributed by atoms with E-state index in [1.807, 2.05) is 24.4 Å². The van der Waals surface area contributed by atoms with Crippen LogP contribution in [0.25, 0.3) is 10.6 Å². The minimum atomic E-state index is -0.267. The van der Waals surface area contributed by atoms with Crippen molar-refractivity contribution in [1.29, 1.82) is 0 Å². The molecule has 22 heavy (non-hydrogen) atoms. The zero-order chi connectivity index (χ0) is 15.5. The smallest absolute Gasteiger partial charge is 0.250 e. The van der Waals surface area contributed by atoms with Crippen molar-refractivity contribution in [3.05, 3.63) is 57.1 Å². The lowest BCUT2D eigenvalue weighted by molar-refractivity contribution is -0.116. The van der Waals surface area contributed by atoms with E-state index >= 15 is 0 Å². The molecule has 0 spiro atoms. The van der Waals surface area contributed by atoms with Crippen molar-refractivity contribution in [2.45, 2.75) is 13.5 Å². The second-order valence-electron chi connectivity index (χ2n) is 4.66. The number of pyridine rings is 1. The van der Waals surface area contributed by atoms with E-state index in [0.717, 1.165) is 10.6 Å². The number of hydrogen-bond acceptors (Lipinski definition) is 5. The summed E-state index contributed by atoms with van der Waals surface area (Å²) in [5.74, 6) is -0.267. The van der Waals surface area contributed by atoms with E-state index in [9.17, 15) is 9.59 Å². The average Bonchev–Trinajstić information content (AvgIpc) is 3.10. The molecule has 0 radical (unpaired) electrons. The number of hydrogen-bond donors (Lipinski definition) is 1. The summed E-state index contributed by atoms with van der Waals surface area (Å²) in [4.78, 5) is 30.3. The molecular weight excluding hydrogens is 318 g/mol. The van der Waals surface area contributed by atoms with Gasteiger partial charge in [-0.2, -0.15) is 0 Å². The Balaban J connectivity index is 1.69. The maximum absolute atomic E-state index is 12.0. The van der Waals surface area contributed by atoms with Crippen LogP contribution in [0.2, 0.25) is 0 Å². The van der Waals surface area contributed by atoms with Gasteiger partial charge >= 0.3 is 0 Å². The van der Waals surface area contributed by atoms with E-state index in [2.05, 4.69) is 10.3 Å². The van der Waals surface area contributed by atoms with Crippen molar-refractivity contribution in [1.82, 2.24) is 9.55 Å². The maximum Gasteiger partial charge on any atom is 0.250 e. The number of carbonyl (C=O) groups excluding carboxylic acids is 1. The van der Waals surface area contributed by atoms with Crippen LogP contribution in [0, 0.1) is 6.92 Å². The Bertz CT molecular complexity index is 863. The summed E-state index contributed by atoms with van der Waals surface area (Å²) in [7, 11) is 0. The number of nitrogens with one attached hydrogen (secondary N) is 1. The number of amides is 1. The maximum atomic E-state index is 12.0. The third kappa shape index (κ3) is 3.32. The highest BCUT2D eigenvalue weighted by atomic mass is 32.1. The first-order valence-corrected chi connectivity index (χ1v) is 8.29. The third-order valence-electron chi connectivity index (χ3n) is 2.96. The lowest BCUT2D eigenvalue weighted by Gasteiger charge is -2.04. The van der Waals surface area contributed by atoms with E-state index in [1.165, 1.54) is 26.8 Å². The van der Waals surface area contributed by atoms with Gasteiger partial charge in [0.25, 0.3) is 5.56 Å². The van der Waals surface area contributed by atoms with Crippen LogP contribution in [0.5, 0.6) is 0 Å². The first kappa shape index (κ1) is 14.7. The molecule has 0 aromatic carbocycles. The van der Waals surface area contributed by atoms with Crippen molar-refractivity contribution in [2.75, 3.05) is 5.32 Å². The predicted molar refractivity (Wildman–Crippen MR) is 89.5 cm³/mol. The molecule has 3 aromatic heterocycles. The number of nitrogens with zero attached hydrogens (tertiary/aromatic N) is 2. The standard InChI is InChI=1S/C15H13N3O2S2/c1-10-5-6-12(22-10)11-9-21-15(16-11)17-13(19)8-18-7-3-2-4-14(18)20/h2-7,9H,8H2,1H3,(H,16,17,19). The Morgan fingerprint density at radius 1 is 1.32 bits per heavy atom. The number of carbonyl (C=O) groups is 1. The highest BCUT2D eigenvalue weighted by molar-refractivity contribution is 7.17. The van der Waals surface area contributed by atoms with E-state index in [4.69, 9.17) is 0 Å². The molecule has 0 fully saturated rings. The highest BCUT2D eigenvalue weighted by Gasteiger charge is 2.10. The van der Waals surface area contributed by atoms with Crippen molar-refractivity contribution >= 4 is 33.7 Å². The molecule has 0 aliphatic rings. The summed E-state index contributed by atoms with van der Waals surface area (Å²) in [5, 5.41) is 5.18. The molecule has 0 aliphatic carbocycles. The van der Waals surface area contributed by atoms with Gasteiger partial charge in [0.1, 0.15) is 6.54 Å². The van der Waals surface area contributed by atoms with Gasteiger partial charge < -0.3 is 9.88 Å². The largest absolute Gasteiger partial charge is 0.306 e. The Morgan fingerprint density at radius 3 is 2.91 bits per heavy atom. The normalized spacial score (nSPS) is 10.6. The van der Waals surface area contributed by atoms with Gasteiger partial charge in [0.2, 0.25) is 5.91 Å². The summed E-state index contributed by atoms with van der Waals surface area (Å²) in [6.45, 7) is 2.02. The number of aromatic nitrogens is 2. The van der Waals surface area contributed by atoms with Gasteiger partial charge in [0.05, 0.1) is 10.6 Å². The van der Waals surface area contributed by atoms with Gasteiger partial charge in [-0.15, -0.1) is 22.7 Å². The average molecular weight is 331 g/mol. The molecular formula is C15H13N3O2S2. The Hall–Kier alpha value is -2.25. The van der Waals surface area contributed by atoms with Crippen LogP contribution in [0.3, 0.4) is 0 Å². The molecule has 5 nitrogen and oxygen atoms in total. The first-order chi connectivity index (χ1) is 10.6. The lowest BCUT2D eigenvalue weighted by Crippen LogP contribution is -2.26. The summed E-state index contributed by atoms with van der Waals surface area (Å²) >= 11 is 3.04. The molecule has 0 atom stereocenters. The second kappa shape index (κ2) is 6.25. The molecule has 3 heterocycles. The van der Waals surface area contributed by atoms with Crippen LogP contribution in [0.1, 0.15) is 4.88 Å². The molecule has 7 heteroatoms. The summed E-state index contributed by atoms with van der Waals surface area (Å²) in [5.41, 5.74) is 0.654. The van der Waals surface area contributed by atoms with Crippen LogP contribution in [-0.2, 0) is 11.3 Å². The summed E-state index contributed by atoms with van der Waals surface area (Å²) in [6.07, 6.45) is 1.59. The van der Waals surface area contributed by atoms with Crippen LogP contribution in [0.15, 0.2) is 46.7 Å². The van der Waals surface area contributed by atoms with Gasteiger partial charge in [-0.05, 0) is 25.1 Å². The highest BCUT2D eigenvalue weighted by Crippen LogP contribution is 2.30. The van der Waals surface area contributed by atoms with Crippen molar-refractivity contribution in [3.63, 3.8) is 0 Å². The monoisotopic (exact) mass is 331 g/mol. The van der Waals surface area contributed by atoms with Crippen LogP contribution in [-0.4, -0.2) is 15.5 Å². The van der Waals surface area contributed by atoms with Crippen molar-refractivity contribution < 1.29 is 4.79 Å². The van der Waals surface area contributed by atoms with Crippen molar-refractivity contribution in [2.24, 2.45) is 0 Å². The van der Waals surface area contributed by atoms with E-state index < -0.39 is 0 Å². The second-order valence-corrected chi connectivity index (χ2v) is 6.81. The molecule has 0 unspecified atom stereocenters. The number of thiophene rings is 1. The van der Waals surface area contributed by atoms with Crippen LogP contribution < -0.4 is 10.9 Å². The van der Waals surface area contributed by atoms with Gasteiger partial charge in [-0.3, -0.25) is 9.59 Å². The molecule has 112 valence electrons. The number of aryl methyl sites for hydroxylation is 1. The fraction of sp³-hybridized carbons (Fsp3) is 0.133. The molecule has 0 aliphatic heterocycles. The fourth-order valence-corrected chi connectivity index (χ4v) is 3.55. The van der Waals surface area contributed by atoms with E-state index in [1.54, 1.807) is 29.7 Å². The Kier molecular flexibility index (Phi) is 4.17. The molecule has 1 N–H and O–H groups in total. The minimum absolute atomic E-state index is 0.0211. The number of thiazole rings is 1. The molecule has 0 saturated carbocycles. The minimum Gasteiger partial charge on any atom is -0.306 e. The Labute approximate surface area is 134 Å². The molecule has 0 bridgehead atoms. The molecule has 0 saturated heterocycles. The Morgan fingerprint density at radius 2 is 2.18 bits per heavy atom. The molecule has 3 aromatic rings. The van der Waals surface area contributed by atoms with Crippen LogP contribution in [0.4, 0.5) is 5.13 Å². The topological polar surface area (TPSA) is 64.0 Å².